The van der Waals surface area contributed by atoms with Gasteiger partial charge < -0.3 is 10.4 Å². The number of rotatable bonds is 4. The van der Waals surface area contributed by atoms with Crippen molar-refractivity contribution in [1.82, 2.24) is 4.98 Å². The summed E-state index contributed by atoms with van der Waals surface area (Å²) in [6.07, 6.45) is 1.64. The van der Waals surface area contributed by atoms with Crippen LogP contribution in [0.1, 0.15) is 15.9 Å². The number of carbonyl (C=O) groups is 2. The summed E-state index contributed by atoms with van der Waals surface area (Å²) < 4.78 is 0. The fourth-order valence-electron chi connectivity index (χ4n) is 1.43. The van der Waals surface area contributed by atoms with Crippen LogP contribution in [-0.4, -0.2) is 22.0 Å². The molecule has 0 aliphatic rings. The smallest absolute Gasteiger partial charge is 0.339 e. The third kappa shape index (κ3) is 2.92. The van der Waals surface area contributed by atoms with Gasteiger partial charge in [0.15, 0.2) is 0 Å². The fraction of sp³-hybridized carbons (Fsp3) is 0.0833. The molecule has 2 aromatic heterocycles. The minimum Gasteiger partial charge on any atom is -0.478 e. The largest absolute Gasteiger partial charge is 0.478 e. The summed E-state index contributed by atoms with van der Waals surface area (Å²) in [5, 5.41) is 15.2. The lowest BCUT2D eigenvalue weighted by Gasteiger charge is -2.06. The highest BCUT2D eigenvalue weighted by Crippen LogP contribution is 2.12. The molecule has 0 aromatic carbocycles. The van der Waals surface area contributed by atoms with Crippen LogP contribution in [0.25, 0.3) is 0 Å². The van der Waals surface area contributed by atoms with Crippen molar-refractivity contribution in [3.05, 3.63) is 46.3 Å². The topological polar surface area (TPSA) is 79.3 Å². The molecule has 2 N–H and O–H groups in total. The Balaban J connectivity index is 2.09. The molecule has 0 atom stereocenters. The van der Waals surface area contributed by atoms with Crippen molar-refractivity contribution in [3.8, 4) is 0 Å². The molecule has 0 fully saturated rings. The number of hydrogen-bond donors (Lipinski definition) is 2. The maximum absolute atomic E-state index is 11.7. The van der Waals surface area contributed by atoms with Crippen molar-refractivity contribution in [2.24, 2.45) is 0 Å². The summed E-state index contributed by atoms with van der Waals surface area (Å²) in [6.45, 7) is 0. The standard InChI is InChI=1S/C12H10N2O3S/c15-10(6-8-3-5-18-7-8)14-11-9(12(16)17)2-1-4-13-11/h1-5,7H,6H2,(H,16,17)(H,13,14,15). The van der Waals surface area contributed by atoms with E-state index in [1.807, 2.05) is 16.8 Å². The SMILES string of the molecule is O=C(Cc1ccsc1)Nc1ncccc1C(=O)O. The average molecular weight is 262 g/mol. The summed E-state index contributed by atoms with van der Waals surface area (Å²) in [6, 6.07) is 4.76. The van der Waals surface area contributed by atoms with Crippen molar-refractivity contribution in [3.63, 3.8) is 0 Å². The molecule has 0 bridgehead atoms. The van der Waals surface area contributed by atoms with Crippen molar-refractivity contribution < 1.29 is 14.7 Å². The van der Waals surface area contributed by atoms with Crippen molar-refractivity contribution in [2.45, 2.75) is 6.42 Å². The van der Waals surface area contributed by atoms with Gasteiger partial charge in [0.1, 0.15) is 11.4 Å². The number of pyridine rings is 1. The third-order valence-corrected chi connectivity index (χ3v) is 2.97. The van der Waals surface area contributed by atoms with Crippen LogP contribution in [0.15, 0.2) is 35.2 Å². The quantitative estimate of drug-likeness (QED) is 0.883. The molecular weight excluding hydrogens is 252 g/mol. The number of nitrogens with zero attached hydrogens (tertiary/aromatic N) is 1. The molecule has 18 heavy (non-hydrogen) atoms. The van der Waals surface area contributed by atoms with E-state index in [1.54, 1.807) is 0 Å². The Bertz CT molecular complexity index is 566. The van der Waals surface area contributed by atoms with Crippen LogP contribution >= 0.6 is 11.3 Å². The van der Waals surface area contributed by atoms with Crippen LogP contribution in [-0.2, 0) is 11.2 Å². The number of carboxylic acid groups (broad SMARTS) is 1. The number of aromatic nitrogens is 1. The van der Waals surface area contributed by atoms with Crippen molar-refractivity contribution in [1.29, 1.82) is 0 Å². The number of hydrogen-bond acceptors (Lipinski definition) is 4. The molecule has 0 radical (unpaired) electrons. The second-order valence-electron chi connectivity index (χ2n) is 3.56. The first kappa shape index (κ1) is 12.3. The number of thiophene rings is 1. The first-order chi connectivity index (χ1) is 8.66. The molecule has 5 nitrogen and oxygen atoms in total. The van der Waals surface area contributed by atoms with E-state index in [2.05, 4.69) is 10.3 Å². The molecule has 0 aliphatic heterocycles. The van der Waals surface area contributed by atoms with Gasteiger partial charge in [-0.25, -0.2) is 9.78 Å². The number of amides is 1. The predicted molar refractivity (Wildman–Crippen MR) is 67.8 cm³/mol. The molecule has 0 aliphatic carbocycles. The van der Waals surface area contributed by atoms with Crippen LogP contribution in [0, 0.1) is 0 Å². The van der Waals surface area contributed by atoms with E-state index in [0.717, 1.165) is 5.56 Å². The Labute approximate surface area is 107 Å². The Hall–Kier alpha value is -2.21. The highest BCUT2D eigenvalue weighted by atomic mass is 32.1. The summed E-state index contributed by atoms with van der Waals surface area (Å²) in [5.41, 5.74) is 0.876. The predicted octanol–water partition coefficient (Wildman–Crippen LogP) is 2.02. The molecule has 1 amide bonds. The maximum Gasteiger partial charge on any atom is 0.339 e. The number of aromatic carboxylic acids is 1. The van der Waals surface area contributed by atoms with E-state index < -0.39 is 5.97 Å². The molecule has 2 heterocycles. The molecular formula is C12H10N2O3S. The molecule has 6 heteroatoms. The summed E-state index contributed by atoms with van der Waals surface area (Å²) in [7, 11) is 0. The van der Waals surface area contributed by atoms with E-state index in [-0.39, 0.29) is 23.7 Å². The molecule has 0 saturated carbocycles. The maximum atomic E-state index is 11.7. The Kier molecular flexibility index (Phi) is 3.69. The van der Waals surface area contributed by atoms with Gasteiger partial charge in [0.25, 0.3) is 0 Å². The lowest BCUT2D eigenvalue weighted by atomic mass is 10.2. The lowest BCUT2D eigenvalue weighted by molar-refractivity contribution is -0.115. The first-order valence-corrected chi connectivity index (χ1v) is 6.10. The van der Waals surface area contributed by atoms with Gasteiger partial charge >= 0.3 is 5.97 Å². The Morgan fingerprint density at radius 1 is 1.39 bits per heavy atom. The molecule has 92 valence electrons. The Morgan fingerprint density at radius 3 is 2.89 bits per heavy atom. The number of carboxylic acids is 1. The van der Waals surface area contributed by atoms with Gasteiger partial charge in [-0.05, 0) is 34.5 Å². The normalized spacial score (nSPS) is 10.0. The average Bonchev–Trinajstić information content (AvgIpc) is 2.82. The van der Waals surface area contributed by atoms with Crippen LogP contribution in [0.3, 0.4) is 0 Å². The zero-order valence-corrected chi connectivity index (χ0v) is 10.1. The van der Waals surface area contributed by atoms with Crippen LogP contribution < -0.4 is 5.32 Å². The summed E-state index contributed by atoms with van der Waals surface area (Å²) in [5.74, 6) is -1.33. The first-order valence-electron chi connectivity index (χ1n) is 5.16. The fourth-order valence-corrected chi connectivity index (χ4v) is 2.10. The highest BCUT2D eigenvalue weighted by molar-refractivity contribution is 7.08. The van der Waals surface area contributed by atoms with Crippen LogP contribution in [0.2, 0.25) is 0 Å². The van der Waals surface area contributed by atoms with Crippen LogP contribution in [0.5, 0.6) is 0 Å². The van der Waals surface area contributed by atoms with Gasteiger partial charge in [0, 0.05) is 6.20 Å². The zero-order chi connectivity index (χ0) is 13.0. The van der Waals surface area contributed by atoms with Crippen molar-refractivity contribution >= 4 is 29.0 Å². The highest BCUT2D eigenvalue weighted by Gasteiger charge is 2.13. The zero-order valence-electron chi connectivity index (χ0n) is 9.29. The number of nitrogens with one attached hydrogen (secondary N) is 1. The second-order valence-corrected chi connectivity index (χ2v) is 4.34. The lowest BCUT2D eigenvalue weighted by Crippen LogP contribution is -2.17. The summed E-state index contributed by atoms with van der Waals surface area (Å²) >= 11 is 1.51. The monoisotopic (exact) mass is 262 g/mol. The van der Waals surface area contributed by atoms with E-state index >= 15 is 0 Å². The van der Waals surface area contributed by atoms with Gasteiger partial charge in [-0.3, -0.25) is 4.79 Å². The molecule has 2 rings (SSSR count). The van der Waals surface area contributed by atoms with Crippen LogP contribution in [0.4, 0.5) is 5.82 Å². The van der Waals surface area contributed by atoms with Gasteiger partial charge in [-0.2, -0.15) is 11.3 Å². The van der Waals surface area contributed by atoms with Gasteiger partial charge in [0.2, 0.25) is 5.91 Å². The van der Waals surface area contributed by atoms with E-state index in [1.165, 1.54) is 29.7 Å². The van der Waals surface area contributed by atoms with E-state index in [0.29, 0.717) is 0 Å². The van der Waals surface area contributed by atoms with Gasteiger partial charge in [-0.15, -0.1) is 0 Å². The molecule has 0 unspecified atom stereocenters. The molecule has 0 saturated heterocycles. The number of carbonyl (C=O) groups excluding carboxylic acids is 1. The minimum atomic E-state index is -1.12. The molecule has 2 aromatic rings. The Morgan fingerprint density at radius 2 is 2.22 bits per heavy atom. The minimum absolute atomic E-state index is 0.0174. The molecule has 0 spiro atoms. The van der Waals surface area contributed by atoms with E-state index in [4.69, 9.17) is 5.11 Å². The summed E-state index contributed by atoms with van der Waals surface area (Å²) in [4.78, 5) is 26.5. The van der Waals surface area contributed by atoms with Crippen molar-refractivity contribution in [2.75, 3.05) is 5.32 Å². The van der Waals surface area contributed by atoms with Gasteiger partial charge in [0.05, 0.1) is 6.42 Å². The third-order valence-electron chi connectivity index (χ3n) is 2.24. The second kappa shape index (κ2) is 5.42. The number of anilines is 1. The van der Waals surface area contributed by atoms with Gasteiger partial charge in [-0.1, -0.05) is 0 Å². The van der Waals surface area contributed by atoms with E-state index in [9.17, 15) is 9.59 Å².